The average Bonchev–Trinajstić information content (AvgIpc) is 3.03. The van der Waals surface area contributed by atoms with Crippen LogP contribution in [0, 0.1) is 24.1 Å². The Morgan fingerprint density at radius 2 is 2.10 bits per heavy atom. The fourth-order valence-corrected chi connectivity index (χ4v) is 4.56. The molecule has 0 spiro atoms. The van der Waals surface area contributed by atoms with E-state index in [1.54, 1.807) is 6.07 Å². The molecule has 1 aromatic rings. The number of halogens is 2. The highest BCUT2D eigenvalue weighted by Crippen LogP contribution is 2.60. The Bertz CT molecular complexity index is 578. The molecule has 0 unspecified atom stereocenters. The van der Waals surface area contributed by atoms with Crippen molar-refractivity contribution in [3.8, 4) is 0 Å². The Morgan fingerprint density at radius 1 is 1.43 bits per heavy atom. The average molecular weight is 310 g/mol. The smallest absolute Gasteiger partial charge is 0.217 e. The number of nitrogens with one attached hydrogen (secondary N) is 1. The Kier molecular flexibility index (Phi) is 3.73. The molecule has 0 saturated heterocycles. The Morgan fingerprint density at radius 3 is 2.62 bits per heavy atom. The van der Waals surface area contributed by atoms with Crippen LogP contribution in [0.3, 0.4) is 0 Å². The molecule has 3 rings (SSSR count). The third kappa shape index (κ3) is 2.46. The van der Waals surface area contributed by atoms with Gasteiger partial charge in [0.2, 0.25) is 5.91 Å². The predicted octanol–water partition coefficient (Wildman–Crippen LogP) is 4.55. The van der Waals surface area contributed by atoms with Gasteiger partial charge in [0.1, 0.15) is 5.82 Å². The third-order valence-electron chi connectivity index (χ3n) is 5.44. The number of hydrogen-bond donors (Lipinski definition) is 1. The summed E-state index contributed by atoms with van der Waals surface area (Å²) in [7, 11) is 0. The van der Waals surface area contributed by atoms with Gasteiger partial charge in [0.15, 0.2) is 0 Å². The number of carbonyl (C=O) groups excluding carboxylic acids is 1. The van der Waals surface area contributed by atoms with Gasteiger partial charge in [0.05, 0.1) is 6.04 Å². The Balaban J connectivity index is 2.08. The van der Waals surface area contributed by atoms with Gasteiger partial charge in [-0.25, -0.2) is 4.39 Å². The molecule has 0 heterocycles. The van der Waals surface area contributed by atoms with Crippen LogP contribution in [0.1, 0.15) is 56.2 Å². The van der Waals surface area contributed by atoms with Crippen LogP contribution in [0.5, 0.6) is 0 Å². The molecular weight excluding hydrogens is 289 g/mol. The second kappa shape index (κ2) is 5.28. The van der Waals surface area contributed by atoms with Crippen molar-refractivity contribution >= 4 is 17.5 Å². The number of rotatable bonds is 3. The van der Waals surface area contributed by atoms with Gasteiger partial charge in [0.25, 0.3) is 0 Å². The molecule has 2 fully saturated rings. The van der Waals surface area contributed by atoms with E-state index in [-0.39, 0.29) is 23.2 Å². The van der Waals surface area contributed by atoms with E-state index < -0.39 is 0 Å². The van der Waals surface area contributed by atoms with Crippen molar-refractivity contribution in [1.82, 2.24) is 5.32 Å². The lowest BCUT2D eigenvalue weighted by Crippen LogP contribution is -2.39. The molecule has 1 atom stereocenters. The minimum absolute atomic E-state index is 0.00657. The van der Waals surface area contributed by atoms with Gasteiger partial charge < -0.3 is 5.32 Å². The van der Waals surface area contributed by atoms with Crippen molar-refractivity contribution in [2.45, 2.75) is 52.0 Å². The third-order valence-corrected chi connectivity index (χ3v) is 5.85. The molecule has 1 aromatic carbocycles. The van der Waals surface area contributed by atoms with Crippen LogP contribution in [0.15, 0.2) is 12.1 Å². The van der Waals surface area contributed by atoms with Gasteiger partial charge in [-0.2, -0.15) is 0 Å². The first-order valence-electron chi connectivity index (χ1n) is 7.64. The molecule has 2 aliphatic carbocycles. The van der Waals surface area contributed by atoms with Crippen molar-refractivity contribution in [2.75, 3.05) is 0 Å². The van der Waals surface area contributed by atoms with E-state index in [1.165, 1.54) is 25.8 Å². The van der Waals surface area contributed by atoms with E-state index in [1.807, 2.05) is 6.92 Å². The maximum atomic E-state index is 14.5. The van der Waals surface area contributed by atoms with Gasteiger partial charge in [-0.1, -0.05) is 11.6 Å². The Labute approximate surface area is 130 Å². The fourth-order valence-electron chi connectivity index (χ4n) is 4.40. The monoisotopic (exact) mass is 309 g/mol. The van der Waals surface area contributed by atoms with Crippen molar-refractivity contribution in [3.05, 3.63) is 34.1 Å². The summed E-state index contributed by atoms with van der Waals surface area (Å²) in [4.78, 5) is 11.7. The summed E-state index contributed by atoms with van der Waals surface area (Å²) >= 11 is 6.19. The van der Waals surface area contributed by atoms with E-state index in [9.17, 15) is 9.18 Å². The second-order valence-electron chi connectivity index (χ2n) is 6.71. The van der Waals surface area contributed by atoms with Crippen LogP contribution in [0.4, 0.5) is 4.39 Å². The molecular formula is C17H21ClFNO. The van der Waals surface area contributed by atoms with Gasteiger partial charge in [-0.3, -0.25) is 4.79 Å². The second-order valence-corrected chi connectivity index (χ2v) is 7.12. The highest BCUT2D eigenvalue weighted by atomic mass is 35.5. The standard InChI is InChI=1S/C17H21ClFNO/c1-10-13(18)3-4-14(19)15(10)16(20-11(2)21)17-7-5-12(9-17)6-8-17/h3-4,12,16H,5-9H2,1-2H3,(H,20,21)/t12?,16-,17?/m1/s1. The highest BCUT2D eigenvalue weighted by Gasteiger charge is 2.51. The quantitative estimate of drug-likeness (QED) is 0.872. The normalized spacial score (nSPS) is 28.7. The highest BCUT2D eigenvalue weighted by molar-refractivity contribution is 6.31. The summed E-state index contributed by atoms with van der Waals surface area (Å²) in [6.45, 7) is 3.34. The van der Waals surface area contributed by atoms with Gasteiger partial charge in [-0.15, -0.1) is 0 Å². The number of fused-ring (bicyclic) bond motifs is 2. The molecule has 21 heavy (non-hydrogen) atoms. The molecule has 2 aliphatic rings. The lowest BCUT2D eigenvalue weighted by Gasteiger charge is -2.37. The van der Waals surface area contributed by atoms with E-state index in [2.05, 4.69) is 5.32 Å². The molecule has 2 bridgehead atoms. The Hall–Kier alpha value is -1.09. The fraction of sp³-hybridized carbons (Fsp3) is 0.588. The first kappa shape index (κ1) is 14.8. The number of amides is 1. The molecule has 114 valence electrons. The van der Waals surface area contributed by atoms with E-state index in [0.717, 1.165) is 30.7 Å². The molecule has 0 aromatic heterocycles. The molecule has 0 aliphatic heterocycles. The van der Waals surface area contributed by atoms with Crippen LogP contribution < -0.4 is 5.32 Å². The van der Waals surface area contributed by atoms with Crippen molar-refractivity contribution in [2.24, 2.45) is 11.3 Å². The lowest BCUT2D eigenvalue weighted by molar-refractivity contribution is -0.120. The number of benzene rings is 1. The van der Waals surface area contributed by atoms with E-state index in [0.29, 0.717) is 10.6 Å². The molecule has 1 amide bonds. The molecule has 2 saturated carbocycles. The first-order chi connectivity index (χ1) is 9.93. The SMILES string of the molecule is CC(=O)N[C@H](c1c(F)ccc(Cl)c1C)C12CCC(CC1)C2. The topological polar surface area (TPSA) is 29.1 Å². The van der Waals surface area contributed by atoms with Crippen molar-refractivity contribution < 1.29 is 9.18 Å². The van der Waals surface area contributed by atoms with Crippen LogP contribution in [0.2, 0.25) is 5.02 Å². The van der Waals surface area contributed by atoms with Gasteiger partial charge in [-0.05, 0) is 68.1 Å². The summed E-state index contributed by atoms with van der Waals surface area (Å²) in [6, 6.07) is 2.74. The molecule has 2 nitrogen and oxygen atoms in total. The predicted molar refractivity (Wildman–Crippen MR) is 81.7 cm³/mol. The zero-order valence-electron chi connectivity index (χ0n) is 12.5. The van der Waals surface area contributed by atoms with Crippen LogP contribution in [-0.4, -0.2) is 5.91 Å². The zero-order chi connectivity index (χ0) is 15.2. The summed E-state index contributed by atoms with van der Waals surface area (Å²) in [5, 5.41) is 3.59. The lowest BCUT2D eigenvalue weighted by atomic mass is 9.73. The van der Waals surface area contributed by atoms with E-state index in [4.69, 9.17) is 11.6 Å². The van der Waals surface area contributed by atoms with Gasteiger partial charge in [0, 0.05) is 17.5 Å². The largest absolute Gasteiger partial charge is 0.349 e. The van der Waals surface area contributed by atoms with Crippen LogP contribution >= 0.6 is 11.6 Å². The molecule has 1 N–H and O–H groups in total. The van der Waals surface area contributed by atoms with E-state index >= 15 is 0 Å². The molecule has 4 heteroatoms. The first-order valence-corrected chi connectivity index (χ1v) is 8.02. The minimum atomic E-state index is -0.264. The number of hydrogen-bond acceptors (Lipinski definition) is 1. The maximum absolute atomic E-state index is 14.5. The van der Waals surface area contributed by atoms with Crippen molar-refractivity contribution in [1.29, 1.82) is 0 Å². The summed E-state index contributed by atoms with van der Waals surface area (Å²) in [5.41, 5.74) is 1.34. The van der Waals surface area contributed by atoms with Crippen LogP contribution in [-0.2, 0) is 4.79 Å². The molecule has 0 radical (unpaired) electrons. The maximum Gasteiger partial charge on any atom is 0.217 e. The van der Waals surface area contributed by atoms with Gasteiger partial charge >= 0.3 is 0 Å². The minimum Gasteiger partial charge on any atom is -0.349 e. The summed E-state index contributed by atoms with van der Waals surface area (Å²) in [5.74, 6) is 0.368. The van der Waals surface area contributed by atoms with Crippen LogP contribution in [0.25, 0.3) is 0 Å². The number of carbonyl (C=O) groups is 1. The summed E-state index contributed by atoms with van der Waals surface area (Å²) < 4.78 is 14.5. The van der Waals surface area contributed by atoms with Crippen molar-refractivity contribution in [3.63, 3.8) is 0 Å². The summed E-state index contributed by atoms with van der Waals surface area (Å²) in [6.07, 6.45) is 5.60. The zero-order valence-corrected chi connectivity index (χ0v) is 13.3.